The molecule has 0 saturated carbocycles. The first kappa shape index (κ1) is 23.7. The van der Waals surface area contributed by atoms with Crippen LogP contribution in [0, 0.1) is 0 Å². The lowest BCUT2D eigenvalue weighted by atomic mass is 9.88. The maximum atomic E-state index is 5.43. The van der Waals surface area contributed by atoms with Crippen LogP contribution in [-0.2, 0) is 6.54 Å². The second-order valence-electron chi connectivity index (χ2n) is 8.87. The van der Waals surface area contributed by atoms with Gasteiger partial charge in [-0.05, 0) is 59.0 Å². The second kappa shape index (κ2) is 10.6. The quantitative estimate of drug-likeness (QED) is 0.377. The summed E-state index contributed by atoms with van der Waals surface area (Å²) in [5.74, 6) is 1.72. The highest BCUT2D eigenvalue weighted by Crippen LogP contribution is 2.38. The van der Waals surface area contributed by atoms with Crippen LogP contribution in [0.3, 0.4) is 0 Å². The number of quaternary nitrogens is 1. The maximum Gasteiger partial charge on any atom is 0.118 e. The summed E-state index contributed by atoms with van der Waals surface area (Å²) in [6.07, 6.45) is 3.26. The molecule has 1 aromatic heterocycles. The van der Waals surface area contributed by atoms with Gasteiger partial charge in [0.05, 0.1) is 41.4 Å². The molecule has 4 nitrogen and oxygen atoms in total. The summed E-state index contributed by atoms with van der Waals surface area (Å²) >= 11 is 0. The molecule has 34 heavy (non-hydrogen) atoms. The average Bonchev–Trinajstić information content (AvgIpc) is 3.24. The fourth-order valence-corrected chi connectivity index (χ4v) is 4.55. The summed E-state index contributed by atoms with van der Waals surface area (Å²) < 4.78 is 13.3. The second-order valence-corrected chi connectivity index (χ2v) is 8.87. The Morgan fingerprint density at radius 1 is 0.794 bits per heavy atom. The van der Waals surface area contributed by atoms with Crippen molar-refractivity contribution < 1.29 is 14.4 Å². The molecular formula is C30H35N2O2+. The van der Waals surface area contributed by atoms with E-state index in [1.165, 1.54) is 43.6 Å². The van der Waals surface area contributed by atoms with E-state index >= 15 is 0 Å². The third kappa shape index (κ3) is 4.87. The summed E-state index contributed by atoms with van der Waals surface area (Å²) in [6, 6.07) is 25.5. The highest BCUT2D eigenvalue weighted by Gasteiger charge is 2.18. The molecule has 0 aliphatic rings. The smallest absolute Gasteiger partial charge is 0.118 e. The molecular weight excluding hydrogens is 420 g/mol. The molecule has 1 N–H and O–H groups in total. The Morgan fingerprint density at radius 3 is 1.85 bits per heavy atom. The largest absolute Gasteiger partial charge is 0.497 e. The van der Waals surface area contributed by atoms with Gasteiger partial charge in [-0.15, -0.1) is 0 Å². The first-order valence-electron chi connectivity index (χ1n) is 11.9. The third-order valence-electron chi connectivity index (χ3n) is 6.38. The van der Waals surface area contributed by atoms with E-state index < -0.39 is 0 Å². The molecule has 0 amide bonds. The van der Waals surface area contributed by atoms with Crippen LogP contribution >= 0.6 is 0 Å². The Morgan fingerprint density at radius 2 is 1.35 bits per heavy atom. The number of para-hydroxylation sites is 1. The van der Waals surface area contributed by atoms with Gasteiger partial charge >= 0.3 is 0 Å². The Bertz CT molecular complexity index is 1220. The summed E-state index contributed by atoms with van der Waals surface area (Å²) in [5, 5.41) is 1.30. The number of likely N-dealkylation sites (N-methyl/N-ethyl adjacent to an activating group) is 1. The number of benzene rings is 3. The van der Waals surface area contributed by atoms with Crippen molar-refractivity contribution in [2.45, 2.75) is 19.9 Å². The van der Waals surface area contributed by atoms with Crippen molar-refractivity contribution in [3.63, 3.8) is 0 Å². The summed E-state index contributed by atoms with van der Waals surface area (Å²) in [5.41, 5.74) is 7.52. The molecule has 1 heterocycles. The number of methoxy groups -OCH3 is 2. The lowest BCUT2D eigenvalue weighted by molar-refractivity contribution is -0.858. The standard InChI is InChI=1S/C30H34N2O2/c1-6-26(28-21-32(20-19-31(2)3)29-10-8-7-9-27(28)29)30(22-11-15-24(33-4)16-12-22)23-13-17-25(34-5)18-14-23/h7-18,21H,6,19-20H2,1-5H3/p+1. The molecule has 3 aromatic carbocycles. The molecule has 0 fully saturated rings. The van der Waals surface area contributed by atoms with Gasteiger partial charge in [0.1, 0.15) is 11.5 Å². The van der Waals surface area contributed by atoms with Crippen molar-refractivity contribution >= 4 is 22.0 Å². The average molecular weight is 456 g/mol. The normalized spacial score (nSPS) is 11.1. The lowest BCUT2D eigenvalue weighted by Gasteiger charge is -2.16. The van der Waals surface area contributed by atoms with Gasteiger partial charge in [-0.25, -0.2) is 0 Å². The Labute approximate surface area is 203 Å². The highest BCUT2D eigenvalue weighted by molar-refractivity contribution is 6.05. The van der Waals surface area contributed by atoms with Gasteiger partial charge in [0, 0.05) is 22.7 Å². The van der Waals surface area contributed by atoms with E-state index in [0.717, 1.165) is 31.0 Å². The number of rotatable bonds is 9. The molecule has 0 bridgehead atoms. The van der Waals surface area contributed by atoms with Crippen LogP contribution in [0.25, 0.3) is 22.0 Å². The summed E-state index contributed by atoms with van der Waals surface area (Å²) in [4.78, 5) is 1.45. The van der Waals surface area contributed by atoms with Crippen LogP contribution in [0.1, 0.15) is 30.0 Å². The van der Waals surface area contributed by atoms with Crippen LogP contribution in [0.5, 0.6) is 11.5 Å². The Kier molecular flexibility index (Phi) is 7.39. The van der Waals surface area contributed by atoms with E-state index in [9.17, 15) is 0 Å². The zero-order valence-electron chi connectivity index (χ0n) is 20.9. The van der Waals surface area contributed by atoms with Gasteiger partial charge in [0.15, 0.2) is 0 Å². The van der Waals surface area contributed by atoms with Crippen molar-refractivity contribution in [1.82, 2.24) is 4.57 Å². The van der Waals surface area contributed by atoms with Gasteiger partial charge in [0.2, 0.25) is 0 Å². The minimum absolute atomic E-state index is 0.860. The number of hydrogen-bond donors (Lipinski definition) is 1. The highest BCUT2D eigenvalue weighted by atomic mass is 16.5. The molecule has 0 aliphatic carbocycles. The number of ether oxygens (including phenoxy) is 2. The van der Waals surface area contributed by atoms with E-state index in [0.29, 0.717) is 0 Å². The molecule has 4 heteroatoms. The van der Waals surface area contributed by atoms with E-state index in [1.807, 2.05) is 24.3 Å². The SMILES string of the molecule is CCC(=C(c1ccc(OC)cc1)c1ccc(OC)cc1)c1cn(CC[NH+](C)C)c2ccccc12. The van der Waals surface area contributed by atoms with Crippen LogP contribution in [-0.4, -0.2) is 39.4 Å². The monoisotopic (exact) mass is 455 g/mol. The summed E-state index contributed by atoms with van der Waals surface area (Å²) in [6.45, 7) is 4.31. The predicted octanol–water partition coefficient (Wildman–Crippen LogP) is 5.17. The topological polar surface area (TPSA) is 27.8 Å². The molecule has 0 unspecified atom stereocenters. The zero-order valence-corrected chi connectivity index (χ0v) is 20.9. The van der Waals surface area contributed by atoms with E-state index in [4.69, 9.17) is 9.47 Å². The first-order valence-corrected chi connectivity index (χ1v) is 11.9. The Balaban J connectivity index is 1.96. The number of fused-ring (bicyclic) bond motifs is 1. The fraction of sp³-hybridized carbons (Fsp3) is 0.267. The third-order valence-corrected chi connectivity index (χ3v) is 6.38. The van der Waals surface area contributed by atoms with Gasteiger partial charge in [-0.2, -0.15) is 0 Å². The van der Waals surface area contributed by atoms with Crippen molar-refractivity contribution in [1.29, 1.82) is 0 Å². The molecule has 0 atom stereocenters. The van der Waals surface area contributed by atoms with Crippen molar-refractivity contribution in [2.24, 2.45) is 0 Å². The fourth-order valence-electron chi connectivity index (χ4n) is 4.55. The Hall–Kier alpha value is -3.50. The molecule has 0 spiro atoms. The first-order chi connectivity index (χ1) is 16.5. The molecule has 4 rings (SSSR count). The predicted molar refractivity (Wildman–Crippen MR) is 142 cm³/mol. The van der Waals surface area contributed by atoms with Crippen LogP contribution in [0.2, 0.25) is 0 Å². The van der Waals surface area contributed by atoms with Gasteiger partial charge in [0.25, 0.3) is 0 Å². The number of nitrogens with zero attached hydrogens (tertiary/aromatic N) is 1. The molecule has 0 saturated heterocycles. The summed E-state index contributed by atoms with van der Waals surface area (Å²) in [7, 11) is 7.82. The molecule has 4 aromatic rings. The lowest BCUT2D eigenvalue weighted by Crippen LogP contribution is -3.06. The molecule has 176 valence electrons. The minimum atomic E-state index is 0.860. The zero-order chi connectivity index (χ0) is 24.1. The number of nitrogens with one attached hydrogen (secondary N) is 1. The number of allylic oxidation sites excluding steroid dienone is 1. The van der Waals surface area contributed by atoms with Crippen LogP contribution in [0.15, 0.2) is 79.0 Å². The van der Waals surface area contributed by atoms with Crippen molar-refractivity contribution in [2.75, 3.05) is 34.9 Å². The van der Waals surface area contributed by atoms with Crippen molar-refractivity contribution in [3.05, 3.63) is 95.7 Å². The van der Waals surface area contributed by atoms with E-state index in [2.05, 4.69) is 80.3 Å². The molecule has 0 radical (unpaired) electrons. The number of hydrogen-bond acceptors (Lipinski definition) is 2. The maximum absolute atomic E-state index is 5.43. The molecule has 0 aliphatic heterocycles. The van der Waals surface area contributed by atoms with Crippen LogP contribution in [0.4, 0.5) is 0 Å². The van der Waals surface area contributed by atoms with Gasteiger partial charge < -0.3 is 18.9 Å². The number of aromatic nitrogens is 1. The van der Waals surface area contributed by atoms with Crippen molar-refractivity contribution in [3.8, 4) is 11.5 Å². The van der Waals surface area contributed by atoms with Gasteiger partial charge in [-0.1, -0.05) is 49.4 Å². The van der Waals surface area contributed by atoms with E-state index in [-0.39, 0.29) is 0 Å². The van der Waals surface area contributed by atoms with Gasteiger partial charge in [-0.3, -0.25) is 0 Å². The van der Waals surface area contributed by atoms with E-state index in [1.54, 1.807) is 14.2 Å². The minimum Gasteiger partial charge on any atom is -0.497 e. The van der Waals surface area contributed by atoms with Crippen LogP contribution < -0.4 is 14.4 Å².